The number of hydrogen-bond donors (Lipinski definition) is 1. The molecule has 1 aromatic rings. The highest BCUT2D eigenvalue weighted by Crippen LogP contribution is 2.21. The minimum absolute atomic E-state index is 0.0150. The maximum Gasteiger partial charge on any atom is 0.396 e. The number of hydrogen-bond acceptors (Lipinski definition) is 6. The van der Waals surface area contributed by atoms with Crippen LogP contribution in [0.3, 0.4) is 0 Å². The average Bonchev–Trinajstić information content (AvgIpc) is 3.08. The van der Waals surface area contributed by atoms with Gasteiger partial charge in [0, 0.05) is 24.9 Å². The van der Waals surface area contributed by atoms with E-state index in [1.165, 1.54) is 11.3 Å². The highest BCUT2D eigenvalue weighted by atomic mass is 35.5. The Bertz CT molecular complexity index is 614. The number of carbonyl (C=O) groups is 3. The van der Waals surface area contributed by atoms with Crippen LogP contribution >= 0.6 is 22.9 Å². The van der Waals surface area contributed by atoms with Gasteiger partial charge < -0.3 is 15.4 Å². The molecule has 1 saturated heterocycles. The Morgan fingerprint density at radius 2 is 2.12 bits per heavy atom. The quantitative estimate of drug-likeness (QED) is 0.432. The van der Waals surface area contributed by atoms with E-state index in [2.05, 4.69) is 4.98 Å². The van der Waals surface area contributed by atoms with Crippen LogP contribution in [0.2, 0.25) is 0 Å². The molecule has 0 unspecified atom stereocenters. The number of ether oxygens (including phenoxy) is 1. The molecule has 0 aromatic carbocycles. The van der Waals surface area contributed by atoms with Gasteiger partial charge in [-0.15, -0.1) is 22.9 Å². The van der Waals surface area contributed by atoms with Gasteiger partial charge in [0.15, 0.2) is 0 Å². The second-order valence-electron chi connectivity index (χ2n) is 5.83. The Labute approximate surface area is 155 Å². The minimum Gasteiger partial charge on any atom is -0.459 e. The van der Waals surface area contributed by atoms with Gasteiger partial charge in [0.2, 0.25) is 5.91 Å². The molecule has 1 fully saturated rings. The molecule has 0 saturated carbocycles. The molecule has 25 heavy (non-hydrogen) atoms. The van der Waals surface area contributed by atoms with Crippen LogP contribution in [0, 0.1) is 12.3 Å². The number of thiazole rings is 1. The summed E-state index contributed by atoms with van der Waals surface area (Å²) in [6.07, 6.45) is 4.54. The Morgan fingerprint density at radius 1 is 1.40 bits per heavy atom. The lowest BCUT2D eigenvalue weighted by Gasteiger charge is -2.31. The Hall–Kier alpha value is -1.67. The first-order valence-corrected chi connectivity index (χ1v) is 9.49. The lowest BCUT2D eigenvalue weighted by atomic mass is 9.94. The summed E-state index contributed by atoms with van der Waals surface area (Å²) in [4.78, 5) is 39.9. The van der Waals surface area contributed by atoms with Gasteiger partial charge in [0.25, 0.3) is 0 Å². The third kappa shape index (κ3) is 6.28. The van der Waals surface area contributed by atoms with E-state index < -0.39 is 11.9 Å². The average molecular weight is 387 g/mol. The number of esters is 1. The van der Waals surface area contributed by atoms with E-state index in [-0.39, 0.29) is 12.5 Å². The van der Waals surface area contributed by atoms with Crippen molar-refractivity contribution in [1.29, 1.82) is 0 Å². The van der Waals surface area contributed by atoms with E-state index in [0.717, 1.165) is 23.5 Å². The van der Waals surface area contributed by atoms with E-state index in [9.17, 15) is 14.4 Å². The zero-order valence-corrected chi connectivity index (χ0v) is 15.4. The number of piperidine rings is 1. The van der Waals surface area contributed by atoms with Crippen LogP contribution in [0.15, 0.2) is 5.38 Å². The van der Waals surface area contributed by atoms with Crippen molar-refractivity contribution >= 4 is 40.7 Å². The van der Waals surface area contributed by atoms with Gasteiger partial charge in [-0.1, -0.05) is 0 Å². The molecule has 1 aliphatic rings. The highest BCUT2D eigenvalue weighted by Gasteiger charge is 2.23. The lowest BCUT2D eigenvalue weighted by molar-refractivity contribution is -0.153. The molecule has 0 bridgehead atoms. The molecule has 1 aromatic heterocycles. The molecule has 0 spiro atoms. The number of nitrogens with two attached hydrogens (primary N) is 1. The maximum absolute atomic E-state index is 12.2. The molecule has 1 aliphatic heterocycles. The number of aromatic nitrogens is 1. The second-order valence-corrected chi connectivity index (χ2v) is 7.04. The van der Waals surface area contributed by atoms with Gasteiger partial charge in [-0.2, -0.15) is 0 Å². The molecule has 2 N–H and O–H groups in total. The standard InChI is InChI=1S/C16H21ClN3O4S/c17-9-12-10-25-13(19-12)1-2-14(21)20-6-3-11(4-7-20)5-8-24-16(23)15(18)22/h2,10-11H,1,3-9H2,(H2,18,22). The van der Waals surface area contributed by atoms with Crippen molar-refractivity contribution in [3.63, 3.8) is 0 Å². The number of amides is 2. The van der Waals surface area contributed by atoms with Gasteiger partial charge in [0.05, 0.1) is 29.6 Å². The summed E-state index contributed by atoms with van der Waals surface area (Å²) in [5, 5.41) is 2.78. The summed E-state index contributed by atoms with van der Waals surface area (Å²) < 4.78 is 4.76. The van der Waals surface area contributed by atoms with Crippen LogP contribution < -0.4 is 5.73 Å². The van der Waals surface area contributed by atoms with Crippen LogP contribution in [0.1, 0.15) is 30.0 Å². The van der Waals surface area contributed by atoms with Gasteiger partial charge in [0.1, 0.15) is 0 Å². The van der Waals surface area contributed by atoms with Gasteiger partial charge in [-0.3, -0.25) is 9.59 Å². The number of rotatable bonds is 7. The van der Waals surface area contributed by atoms with Crippen LogP contribution in [-0.2, 0) is 31.4 Å². The fourth-order valence-corrected chi connectivity index (χ4v) is 3.63. The number of nitrogens with zero attached hydrogens (tertiary/aromatic N) is 2. The van der Waals surface area contributed by atoms with Crippen molar-refractivity contribution in [3.05, 3.63) is 22.5 Å². The van der Waals surface area contributed by atoms with E-state index in [0.29, 0.717) is 37.7 Å². The van der Waals surface area contributed by atoms with E-state index in [1.54, 1.807) is 6.42 Å². The van der Waals surface area contributed by atoms with Crippen LogP contribution in [0.5, 0.6) is 0 Å². The Balaban J connectivity index is 1.64. The smallest absolute Gasteiger partial charge is 0.396 e. The molecule has 0 aliphatic carbocycles. The predicted molar refractivity (Wildman–Crippen MR) is 93.7 cm³/mol. The first-order chi connectivity index (χ1) is 12.0. The fraction of sp³-hybridized carbons (Fsp3) is 0.562. The normalized spacial score (nSPS) is 15.2. The predicted octanol–water partition coefficient (Wildman–Crippen LogP) is 1.29. The van der Waals surface area contributed by atoms with E-state index in [4.69, 9.17) is 22.1 Å². The first-order valence-electron chi connectivity index (χ1n) is 8.07. The van der Waals surface area contributed by atoms with Crippen molar-refractivity contribution in [2.45, 2.75) is 31.6 Å². The SMILES string of the molecule is NC(=O)C(=O)OCCC1CCN(C(=O)[CH]Cc2nc(CCl)cs2)CC1. The summed E-state index contributed by atoms with van der Waals surface area (Å²) in [5.74, 6) is -1.31. The van der Waals surface area contributed by atoms with Gasteiger partial charge >= 0.3 is 11.9 Å². The maximum atomic E-state index is 12.2. The number of halogens is 1. The minimum atomic E-state index is -1.07. The molecule has 137 valence electrons. The third-order valence-corrected chi connectivity index (χ3v) is 5.27. The Kier molecular flexibility index (Phi) is 7.64. The molecule has 2 amide bonds. The fourth-order valence-electron chi connectivity index (χ4n) is 2.64. The van der Waals surface area contributed by atoms with Crippen LogP contribution in [-0.4, -0.2) is 47.4 Å². The second kappa shape index (κ2) is 9.72. The molecule has 9 heteroatoms. The number of carbonyl (C=O) groups excluding carboxylic acids is 3. The zero-order valence-electron chi connectivity index (χ0n) is 13.8. The van der Waals surface area contributed by atoms with Crippen molar-refractivity contribution < 1.29 is 19.1 Å². The third-order valence-electron chi connectivity index (χ3n) is 4.07. The molecule has 7 nitrogen and oxygen atoms in total. The lowest BCUT2D eigenvalue weighted by Crippen LogP contribution is -2.39. The van der Waals surface area contributed by atoms with Gasteiger partial charge in [-0.25, -0.2) is 9.78 Å². The molecular formula is C16H21ClN3O4S. The summed E-state index contributed by atoms with van der Waals surface area (Å²) in [6.45, 7) is 1.53. The van der Waals surface area contributed by atoms with Crippen molar-refractivity contribution in [2.24, 2.45) is 11.7 Å². The number of alkyl halides is 1. The van der Waals surface area contributed by atoms with E-state index in [1.807, 2.05) is 10.3 Å². The monoisotopic (exact) mass is 386 g/mol. The van der Waals surface area contributed by atoms with Crippen molar-refractivity contribution in [2.75, 3.05) is 19.7 Å². The summed E-state index contributed by atoms with van der Waals surface area (Å²) >= 11 is 7.22. The summed E-state index contributed by atoms with van der Waals surface area (Å²) in [5.41, 5.74) is 5.65. The number of primary amides is 1. The van der Waals surface area contributed by atoms with Crippen molar-refractivity contribution in [1.82, 2.24) is 9.88 Å². The summed E-state index contributed by atoms with van der Waals surface area (Å²) in [6, 6.07) is 0. The number of likely N-dealkylation sites (tertiary alicyclic amines) is 1. The molecule has 2 rings (SSSR count). The van der Waals surface area contributed by atoms with E-state index >= 15 is 0 Å². The van der Waals surface area contributed by atoms with Gasteiger partial charge in [-0.05, 0) is 25.2 Å². The first kappa shape index (κ1) is 19.7. The topological polar surface area (TPSA) is 103 Å². The Morgan fingerprint density at radius 3 is 2.72 bits per heavy atom. The summed E-state index contributed by atoms with van der Waals surface area (Å²) in [7, 11) is 0. The molecule has 0 atom stereocenters. The largest absolute Gasteiger partial charge is 0.459 e. The molecular weight excluding hydrogens is 366 g/mol. The molecule has 1 radical (unpaired) electrons. The van der Waals surface area contributed by atoms with Crippen molar-refractivity contribution in [3.8, 4) is 0 Å². The zero-order chi connectivity index (χ0) is 18.2. The van der Waals surface area contributed by atoms with Crippen LogP contribution in [0.4, 0.5) is 0 Å². The molecule has 2 heterocycles. The highest BCUT2D eigenvalue weighted by molar-refractivity contribution is 7.09. The van der Waals surface area contributed by atoms with Crippen LogP contribution in [0.25, 0.3) is 0 Å².